The highest BCUT2D eigenvalue weighted by atomic mass is 35.5. The van der Waals surface area contributed by atoms with Gasteiger partial charge in [-0.15, -0.1) is 10.2 Å². The number of hydrogen-bond donors (Lipinski definition) is 1. The number of aromatic nitrogens is 2. The lowest BCUT2D eigenvalue weighted by atomic mass is 9.95. The molecular formula is C32H30ClN3O6S2. The van der Waals surface area contributed by atoms with Gasteiger partial charge in [0.15, 0.2) is 15.8 Å². The quantitative estimate of drug-likeness (QED) is 0.0554. The maximum absolute atomic E-state index is 13.7. The van der Waals surface area contributed by atoms with E-state index in [0.717, 1.165) is 12.0 Å². The Morgan fingerprint density at radius 1 is 1.00 bits per heavy atom. The molecule has 4 aromatic rings. The number of halogens is 1. The van der Waals surface area contributed by atoms with Crippen LogP contribution in [0.4, 0.5) is 5.13 Å². The van der Waals surface area contributed by atoms with Gasteiger partial charge in [-0.25, -0.2) is 0 Å². The molecule has 2 heterocycles. The van der Waals surface area contributed by atoms with Crippen molar-refractivity contribution in [1.82, 2.24) is 10.2 Å². The molecule has 12 heteroatoms. The van der Waals surface area contributed by atoms with Crippen LogP contribution in [0.1, 0.15) is 43.0 Å². The molecule has 0 aliphatic carbocycles. The number of thioether (sulfide) groups is 1. The number of carbonyl (C=O) groups excluding carboxylic acids is 2. The van der Waals surface area contributed by atoms with Crippen molar-refractivity contribution in [2.75, 3.05) is 25.2 Å². The Kier molecular flexibility index (Phi) is 10.1. The first-order valence-corrected chi connectivity index (χ1v) is 16.1. The summed E-state index contributed by atoms with van der Waals surface area (Å²) in [6, 6.07) is 18.3. The lowest BCUT2D eigenvalue weighted by molar-refractivity contribution is -0.132. The molecule has 1 aliphatic rings. The van der Waals surface area contributed by atoms with Gasteiger partial charge in [-0.2, -0.15) is 0 Å². The number of benzene rings is 3. The molecule has 1 aliphatic heterocycles. The zero-order valence-corrected chi connectivity index (χ0v) is 26.7. The summed E-state index contributed by atoms with van der Waals surface area (Å²) in [5.41, 5.74) is 1.87. The standard InChI is InChI=1S/C32H30ClN3O6S2/c1-4-16-42-24-15-10-21(17-25(24)41-5-2)27-26(28(37)20-8-13-23(40-3)14-9-20)29(38)30(39)36(27)31-34-35-32(44-31)43-18-19-6-11-22(33)12-7-19/h6-15,17,27,37H,4-5,16,18H2,1-3H3. The summed E-state index contributed by atoms with van der Waals surface area (Å²) in [5.74, 6) is 0.233. The number of rotatable bonds is 12. The van der Waals surface area contributed by atoms with Crippen LogP contribution in [-0.4, -0.2) is 47.3 Å². The number of nitrogens with zero attached hydrogens (tertiary/aromatic N) is 3. The topological polar surface area (TPSA) is 111 Å². The summed E-state index contributed by atoms with van der Waals surface area (Å²) in [6.45, 7) is 4.74. The molecule has 3 aromatic carbocycles. The van der Waals surface area contributed by atoms with Gasteiger partial charge in [0.25, 0.3) is 5.78 Å². The van der Waals surface area contributed by atoms with E-state index in [-0.39, 0.29) is 16.5 Å². The van der Waals surface area contributed by atoms with E-state index in [1.807, 2.05) is 38.1 Å². The van der Waals surface area contributed by atoms with Crippen LogP contribution in [0, 0.1) is 0 Å². The Bertz CT molecular complexity index is 1670. The van der Waals surface area contributed by atoms with Crippen molar-refractivity contribution in [3.63, 3.8) is 0 Å². The van der Waals surface area contributed by atoms with Gasteiger partial charge in [0.2, 0.25) is 5.13 Å². The molecule has 0 bridgehead atoms. The first-order chi connectivity index (χ1) is 21.3. The maximum Gasteiger partial charge on any atom is 0.301 e. The van der Waals surface area contributed by atoms with Crippen molar-refractivity contribution < 1.29 is 28.9 Å². The highest BCUT2D eigenvalue weighted by Gasteiger charge is 2.48. The minimum Gasteiger partial charge on any atom is -0.507 e. The summed E-state index contributed by atoms with van der Waals surface area (Å²) >= 11 is 8.65. The van der Waals surface area contributed by atoms with Gasteiger partial charge in [-0.1, -0.05) is 59.8 Å². The minimum absolute atomic E-state index is 0.0737. The van der Waals surface area contributed by atoms with Crippen LogP contribution in [-0.2, 0) is 15.3 Å². The van der Waals surface area contributed by atoms with Gasteiger partial charge < -0.3 is 19.3 Å². The van der Waals surface area contributed by atoms with Gasteiger partial charge in [0, 0.05) is 16.3 Å². The van der Waals surface area contributed by atoms with E-state index in [0.29, 0.717) is 56.7 Å². The number of amides is 1. The number of anilines is 1. The third kappa shape index (κ3) is 6.69. The second-order valence-corrected chi connectivity index (χ2v) is 12.3. The number of Topliss-reactive ketones (excluding diaryl/α,β-unsaturated/α-hetero) is 1. The molecule has 1 N–H and O–H groups in total. The number of ketones is 1. The third-order valence-electron chi connectivity index (χ3n) is 6.73. The average molecular weight is 652 g/mol. The second-order valence-electron chi connectivity index (χ2n) is 9.65. The predicted octanol–water partition coefficient (Wildman–Crippen LogP) is 7.31. The minimum atomic E-state index is -1.00. The molecule has 1 fully saturated rings. The number of hydrogen-bond acceptors (Lipinski definition) is 10. The van der Waals surface area contributed by atoms with E-state index in [1.54, 1.807) is 42.5 Å². The number of ether oxygens (including phenoxy) is 3. The zero-order chi connectivity index (χ0) is 31.2. The Labute approximate surface area is 268 Å². The molecule has 228 valence electrons. The van der Waals surface area contributed by atoms with E-state index in [4.69, 9.17) is 25.8 Å². The fourth-order valence-corrected chi connectivity index (χ4v) is 6.58. The van der Waals surface area contributed by atoms with Crippen LogP contribution in [0.2, 0.25) is 5.02 Å². The summed E-state index contributed by atoms with van der Waals surface area (Å²) < 4.78 is 17.6. The zero-order valence-electron chi connectivity index (χ0n) is 24.3. The van der Waals surface area contributed by atoms with Gasteiger partial charge in [-0.05, 0) is 73.0 Å². The Balaban J connectivity index is 1.57. The lowest BCUT2D eigenvalue weighted by Crippen LogP contribution is -2.29. The summed E-state index contributed by atoms with van der Waals surface area (Å²) in [4.78, 5) is 28.6. The predicted molar refractivity (Wildman–Crippen MR) is 172 cm³/mol. The SMILES string of the molecule is CCCOc1ccc(C2C(=C(O)c3ccc(OC)cc3)C(=O)C(=O)N2c2nnc(SCc3ccc(Cl)cc3)s2)cc1OCC. The first-order valence-electron chi connectivity index (χ1n) is 13.9. The van der Waals surface area contributed by atoms with E-state index in [2.05, 4.69) is 10.2 Å². The van der Waals surface area contributed by atoms with Gasteiger partial charge in [0.1, 0.15) is 11.5 Å². The summed E-state index contributed by atoms with van der Waals surface area (Å²) in [5, 5.41) is 20.9. The molecule has 0 radical (unpaired) electrons. The van der Waals surface area contributed by atoms with Crippen molar-refractivity contribution >= 4 is 57.3 Å². The van der Waals surface area contributed by atoms with Crippen molar-refractivity contribution in [2.24, 2.45) is 0 Å². The highest BCUT2D eigenvalue weighted by Crippen LogP contribution is 2.45. The summed E-state index contributed by atoms with van der Waals surface area (Å²) in [7, 11) is 1.54. The highest BCUT2D eigenvalue weighted by molar-refractivity contribution is 8.00. The lowest BCUT2D eigenvalue weighted by Gasteiger charge is -2.23. The molecule has 9 nitrogen and oxygen atoms in total. The van der Waals surface area contributed by atoms with E-state index in [9.17, 15) is 14.7 Å². The van der Waals surface area contributed by atoms with Gasteiger partial charge in [-0.3, -0.25) is 14.5 Å². The molecule has 1 atom stereocenters. The number of aliphatic hydroxyl groups is 1. The van der Waals surface area contributed by atoms with Crippen LogP contribution in [0.15, 0.2) is 76.6 Å². The van der Waals surface area contributed by atoms with Crippen LogP contribution >= 0.6 is 34.7 Å². The van der Waals surface area contributed by atoms with Crippen LogP contribution < -0.4 is 19.1 Å². The molecule has 1 saturated heterocycles. The fraction of sp³-hybridized carbons (Fsp3) is 0.250. The molecule has 5 rings (SSSR count). The summed E-state index contributed by atoms with van der Waals surface area (Å²) in [6.07, 6.45) is 0.810. The monoisotopic (exact) mass is 651 g/mol. The first kappa shape index (κ1) is 31.4. The molecular weight excluding hydrogens is 622 g/mol. The maximum atomic E-state index is 13.7. The van der Waals surface area contributed by atoms with E-state index < -0.39 is 17.7 Å². The van der Waals surface area contributed by atoms with Crippen LogP contribution in [0.3, 0.4) is 0 Å². The number of aliphatic hydroxyl groups excluding tert-OH is 1. The van der Waals surface area contributed by atoms with Crippen molar-refractivity contribution in [1.29, 1.82) is 0 Å². The van der Waals surface area contributed by atoms with Crippen molar-refractivity contribution in [3.05, 3.63) is 94.0 Å². The molecule has 1 amide bonds. The third-order valence-corrected chi connectivity index (χ3v) is 9.11. The van der Waals surface area contributed by atoms with Crippen molar-refractivity contribution in [3.8, 4) is 17.2 Å². The van der Waals surface area contributed by atoms with E-state index >= 15 is 0 Å². The molecule has 0 spiro atoms. The average Bonchev–Trinajstić information content (AvgIpc) is 3.61. The van der Waals surface area contributed by atoms with Crippen LogP contribution in [0.5, 0.6) is 17.2 Å². The molecule has 1 aromatic heterocycles. The smallest absolute Gasteiger partial charge is 0.301 e. The largest absolute Gasteiger partial charge is 0.507 e. The molecule has 44 heavy (non-hydrogen) atoms. The molecule has 1 unspecified atom stereocenters. The Morgan fingerprint density at radius 3 is 2.43 bits per heavy atom. The Hall–Kier alpha value is -4.06. The Morgan fingerprint density at radius 2 is 1.75 bits per heavy atom. The van der Waals surface area contributed by atoms with Gasteiger partial charge in [0.05, 0.1) is 31.9 Å². The second kappa shape index (κ2) is 14.1. The molecule has 0 saturated carbocycles. The van der Waals surface area contributed by atoms with Gasteiger partial charge >= 0.3 is 5.91 Å². The van der Waals surface area contributed by atoms with Crippen molar-refractivity contribution in [2.45, 2.75) is 36.4 Å². The number of carbonyl (C=O) groups is 2. The number of methoxy groups -OCH3 is 1. The van der Waals surface area contributed by atoms with E-state index in [1.165, 1.54) is 35.1 Å². The fourth-order valence-electron chi connectivity index (χ4n) is 4.63. The normalized spacial score (nSPS) is 15.9. The van der Waals surface area contributed by atoms with Crippen LogP contribution in [0.25, 0.3) is 5.76 Å².